The van der Waals surface area contributed by atoms with Crippen LogP contribution >= 0.6 is 0 Å². The minimum Gasteiger partial charge on any atom is -0.490 e. The number of benzene rings is 2. The number of hydrogen-bond acceptors (Lipinski definition) is 3. The van der Waals surface area contributed by atoms with E-state index in [9.17, 15) is 8.78 Å². The van der Waals surface area contributed by atoms with Crippen molar-refractivity contribution in [3.63, 3.8) is 0 Å². The minimum atomic E-state index is -0.981. The Morgan fingerprint density at radius 3 is 2.19 bits per heavy atom. The molecule has 0 radical (unpaired) electrons. The Morgan fingerprint density at radius 2 is 1.50 bits per heavy atom. The first-order valence-corrected chi connectivity index (χ1v) is 12.1. The number of rotatable bonds is 12. The van der Waals surface area contributed by atoms with E-state index < -0.39 is 17.9 Å². The molecule has 0 unspecified atom stereocenters. The van der Waals surface area contributed by atoms with E-state index in [1.54, 1.807) is 0 Å². The van der Waals surface area contributed by atoms with Crippen LogP contribution in [0, 0.1) is 11.6 Å². The Bertz CT molecular complexity index is 814. The van der Waals surface area contributed by atoms with Crippen molar-refractivity contribution in [2.24, 2.45) is 0 Å². The molecule has 0 bridgehead atoms. The molecule has 0 aliphatic carbocycles. The quantitative estimate of drug-likeness (QED) is 0.316. The zero-order valence-corrected chi connectivity index (χ0v) is 19.4. The Kier molecular flexibility index (Phi) is 9.94. The van der Waals surface area contributed by atoms with Crippen LogP contribution in [0.15, 0.2) is 36.4 Å². The summed E-state index contributed by atoms with van der Waals surface area (Å²) in [5.41, 5.74) is 2.55. The van der Waals surface area contributed by atoms with Crippen LogP contribution in [0.4, 0.5) is 8.78 Å². The van der Waals surface area contributed by atoms with Gasteiger partial charge in [-0.2, -0.15) is 4.39 Å². The van der Waals surface area contributed by atoms with Gasteiger partial charge >= 0.3 is 0 Å². The molecule has 32 heavy (non-hydrogen) atoms. The van der Waals surface area contributed by atoms with E-state index in [2.05, 4.69) is 38.1 Å². The van der Waals surface area contributed by atoms with Crippen LogP contribution in [0.5, 0.6) is 5.75 Å². The average molecular weight is 447 g/mol. The van der Waals surface area contributed by atoms with E-state index in [-0.39, 0.29) is 17.2 Å². The number of unbranched alkanes of at least 4 members (excludes halogenated alkanes) is 5. The van der Waals surface area contributed by atoms with E-state index in [4.69, 9.17) is 14.2 Å². The second kappa shape index (κ2) is 12.9. The lowest BCUT2D eigenvalue weighted by molar-refractivity contribution is -0.193. The summed E-state index contributed by atoms with van der Waals surface area (Å²) in [6.07, 6.45) is 7.93. The van der Waals surface area contributed by atoms with Crippen LogP contribution in [-0.4, -0.2) is 19.8 Å². The van der Waals surface area contributed by atoms with Crippen LogP contribution in [0.2, 0.25) is 0 Å². The van der Waals surface area contributed by atoms with Crippen molar-refractivity contribution in [3.8, 4) is 5.75 Å². The summed E-state index contributed by atoms with van der Waals surface area (Å²) >= 11 is 0. The van der Waals surface area contributed by atoms with E-state index in [1.807, 2.05) is 0 Å². The van der Waals surface area contributed by atoms with Crippen LogP contribution in [0.3, 0.4) is 0 Å². The number of aryl methyl sites for hydroxylation is 1. The van der Waals surface area contributed by atoms with Gasteiger partial charge in [0.25, 0.3) is 0 Å². The van der Waals surface area contributed by atoms with E-state index in [0.717, 1.165) is 37.7 Å². The lowest BCUT2D eigenvalue weighted by Crippen LogP contribution is -2.26. The van der Waals surface area contributed by atoms with Crippen LogP contribution < -0.4 is 4.74 Å². The van der Waals surface area contributed by atoms with E-state index >= 15 is 0 Å². The van der Waals surface area contributed by atoms with E-state index in [1.165, 1.54) is 37.0 Å². The average Bonchev–Trinajstić information content (AvgIpc) is 2.82. The lowest BCUT2D eigenvalue weighted by Gasteiger charge is -2.30. The molecule has 0 amide bonds. The van der Waals surface area contributed by atoms with E-state index in [0.29, 0.717) is 19.8 Å². The van der Waals surface area contributed by atoms with Crippen molar-refractivity contribution in [1.29, 1.82) is 0 Å². The summed E-state index contributed by atoms with van der Waals surface area (Å²) in [4.78, 5) is 0. The highest BCUT2D eigenvalue weighted by molar-refractivity contribution is 5.32. The normalized spacial score (nSPS) is 18.6. The van der Waals surface area contributed by atoms with Gasteiger partial charge in [-0.25, -0.2) is 4.39 Å². The lowest BCUT2D eigenvalue weighted by atomic mass is 9.97. The first kappa shape index (κ1) is 24.7. The summed E-state index contributed by atoms with van der Waals surface area (Å²) in [5.74, 6) is -1.92. The SMILES string of the molecule is CCCCCCOc1ccc(C2OCC(c3ccc(CCCCC)cc3)CO2)c(F)c1F. The third-order valence-corrected chi connectivity index (χ3v) is 6.00. The molecule has 3 nitrogen and oxygen atoms in total. The molecule has 1 aliphatic rings. The van der Waals surface area contributed by atoms with Gasteiger partial charge in [-0.3, -0.25) is 0 Å². The molecule has 1 fully saturated rings. The highest BCUT2D eigenvalue weighted by Gasteiger charge is 2.28. The third kappa shape index (κ3) is 6.76. The molecule has 1 heterocycles. The fraction of sp³-hybridized carbons (Fsp3) is 0.556. The van der Waals surface area contributed by atoms with Gasteiger partial charge in [0.05, 0.1) is 19.8 Å². The fourth-order valence-electron chi connectivity index (χ4n) is 3.96. The van der Waals surface area contributed by atoms with Crippen LogP contribution in [-0.2, 0) is 15.9 Å². The molecule has 0 aromatic heterocycles. The Morgan fingerprint density at radius 1 is 0.812 bits per heavy atom. The predicted molar refractivity (Wildman–Crippen MR) is 123 cm³/mol. The molecular formula is C27H36F2O3. The highest BCUT2D eigenvalue weighted by Crippen LogP contribution is 2.34. The standard InChI is InChI=1S/C27H36F2O3/c1-3-5-7-9-17-30-24-16-15-23(25(28)26(24)29)27-31-18-22(19-32-27)21-13-11-20(12-14-21)10-8-6-4-2/h11-16,22,27H,3-10,17-19H2,1-2H3. The molecule has 3 rings (SSSR count). The van der Waals surface area contributed by atoms with Gasteiger partial charge in [0.1, 0.15) is 0 Å². The molecule has 5 heteroatoms. The first-order chi connectivity index (χ1) is 15.6. The van der Waals surface area contributed by atoms with Crippen molar-refractivity contribution >= 4 is 0 Å². The van der Waals surface area contributed by atoms with Crippen LogP contribution in [0.25, 0.3) is 0 Å². The van der Waals surface area contributed by atoms with Gasteiger partial charge < -0.3 is 14.2 Å². The zero-order chi connectivity index (χ0) is 22.8. The number of hydrogen-bond donors (Lipinski definition) is 0. The fourth-order valence-corrected chi connectivity index (χ4v) is 3.96. The van der Waals surface area contributed by atoms with Gasteiger partial charge in [0, 0.05) is 11.5 Å². The Hall–Kier alpha value is -1.98. The molecule has 2 aromatic carbocycles. The second-order valence-corrected chi connectivity index (χ2v) is 8.58. The predicted octanol–water partition coefficient (Wildman–Crippen LogP) is 7.49. The summed E-state index contributed by atoms with van der Waals surface area (Å²) in [5, 5.41) is 0. The molecule has 0 saturated carbocycles. The van der Waals surface area contributed by atoms with Gasteiger partial charge in [-0.1, -0.05) is 70.2 Å². The maximum Gasteiger partial charge on any atom is 0.201 e. The van der Waals surface area contributed by atoms with Crippen molar-refractivity contribution < 1.29 is 23.0 Å². The van der Waals surface area contributed by atoms with Crippen LogP contribution in [0.1, 0.15) is 87.7 Å². The summed E-state index contributed by atoms with van der Waals surface area (Å²) in [6.45, 7) is 5.51. The zero-order valence-electron chi connectivity index (χ0n) is 19.4. The topological polar surface area (TPSA) is 27.7 Å². The number of halogens is 2. The second-order valence-electron chi connectivity index (χ2n) is 8.58. The Labute approximate surface area is 191 Å². The molecule has 0 N–H and O–H groups in total. The van der Waals surface area contributed by atoms with Gasteiger partial charge in [0.15, 0.2) is 17.9 Å². The maximum atomic E-state index is 14.7. The van der Waals surface area contributed by atoms with Crippen molar-refractivity contribution in [3.05, 3.63) is 64.7 Å². The Balaban J connectivity index is 1.52. The summed E-state index contributed by atoms with van der Waals surface area (Å²) in [6, 6.07) is 11.5. The molecule has 1 aliphatic heterocycles. The van der Waals surface area contributed by atoms with Crippen molar-refractivity contribution in [1.82, 2.24) is 0 Å². The third-order valence-electron chi connectivity index (χ3n) is 6.00. The molecule has 0 spiro atoms. The number of ether oxygens (including phenoxy) is 3. The van der Waals surface area contributed by atoms with Gasteiger partial charge in [-0.15, -0.1) is 0 Å². The highest BCUT2D eigenvalue weighted by atomic mass is 19.2. The summed E-state index contributed by atoms with van der Waals surface area (Å²) < 4.78 is 46.1. The minimum absolute atomic E-state index is 0.0598. The smallest absolute Gasteiger partial charge is 0.201 e. The summed E-state index contributed by atoms with van der Waals surface area (Å²) in [7, 11) is 0. The molecule has 1 saturated heterocycles. The molecule has 2 aromatic rings. The monoisotopic (exact) mass is 446 g/mol. The van der Waals surface area contributed by atoms with Crippen molar-refractivity contribution in [2.75, 3.05) is 19.8 Å². The maximum absolute atomic E-state index is 14.7. The first-order valence-electron chi connectivity index (χ1n) is 12.1. The van der Waals surface area contributed by atoms with Gasteiger partial charge in [0.2, 0.25) is 5.82 Å². The molecule has 176 valence electrons. The molecule has 0 atom stereocenters. The van der Waals surface area contributed by atoms with Gasteiger partial charge in [-0.05, 0) is 42.5 Å². The van der Waals surface area contributed by atoms with Crippen molar-refractivity contribution in [2.45, 2.75) is 77.4 Å². The largest absolute Gasteiger partial charge is 0.490 e. The molecular weight excluding hydrogens is 410 g/mol.